The van der Waals surface area contributed by atoms with Gasteiger partial charge in [-0.2, -0.15) is 0 Å². The Morgan fingerprint density at radius 1 is 1.05 bits per heavy atom. The van der Waals surface area contributed by atoms with Crippen LogP contribution in [0, 0.1) is 6.42 Å². The molecule has 0 aliphatic carbocycles. The van der Waals surface area contributed by atoms with Crippen molar-refractivity contribution < 1.29 is 0 Å². The number of likely N-dealkylation sites (tertiary alicyclic amines) is 1. The van der Waals surface area contributed by atoms with Crippen LogP contribution in [-0.4, -0.2) is 42.5 Å². The maximum atomic E-state index is 5.94. The molecule has 0 aromatic heterocycles. The number of nitrogens with zero attached hydrogens (tertiary/aromatic N) is 2. The van der Waals surface area contributed by atoms with Crippen molar-refractivity contribution in [1.29, 1.82) is 0 Å². The largest absolute Gasteiger partial charge is 0.303 e. The molecule has 0 amide bonds. The van der Waals surface area contributed by atoms with Gasteiger partial charge in [0.2, 0.25) is 0 Å². The molecule has 0 spiro atoms. The van der Waals surface area contributed by atoms with E-state index >= 15 is 0 Å². The third-order valence-electron chi connectivity index (χ3n) is 4.51. The van der Waals surface area contributed by atoms with Crippen LogP contribution in [0.2, 0.25) is 5.02 Å². The van der Waals surface area contributed by atoms with Crippen LogP contribution in [0.5, 0.6) is 0 Å². The Morgan fingerprint density at radius 2 is 1.77 bits per heavy atom. The highest BCUT2D eigenvalue weighted by molar-refractivity contribution is 6.30. The molecule has 1 aromatic carbocycles. The van der Waals surface area contributed by atoms with E-state index in [1.807, 2.05) is 12.1 Å². The van der Waals surface area contributed by atoms with Crippen molar-refractivity contribution in [3.8, 4) is 0 Å². The van der Waals surface area contributed by atoms with Crippen LogP contribution in [0.25, 0.3) is 0 Å². The second kappa shape index (κ2) is 10.3. The molecule has 1 aliphatic heterocycles. The fraction of sp³-hybridized carbons (Fsp3) is 0.632. The summed E-state index contributed by atoms with van der Waals surface area (Å²) in [6, 6.07) is 8.25. The number of halogens is 1. The summed E-state index contributed by atoms with van der Waals surface area (Å²) in [5.74, 6) is 0. The Morgan fingerprint density at radius 3 is 2.45 bits per heavy atom. The van der Waals surface area contributed by atoms with Crippen molar-refractivity contribution in [1.82, 2.24) is 9.80 Å². The molecule has 1 saturated heterocycles. The van der Waals surface area contributed by atoms with Crippen molar-refractivity contribution >= 4 is 11.6 Å². The SMILES string of the molecule is CCN(CCCCCN1CC[CH]CC1)Cc1ccc(Cl)cc1. The van der Waals surface area contributed by atoms with E-state index < -0.39 is 0 Å². The first-order chi connectivity index (χ1) is 10.8. The van der Waals surface area contributed by atoms with Gasteiger partial charge in [-0.05, 0) is 82.5 Å². The second-order valence-electron chi connectivity index (χ2n) is 6.26. The van der Waals surface area contributed by atoms with Crippen LogP contribution in [-0.2, 0) is 6.54 Å². The molecule has 0 bridgehead atoms. The van der Waals surface area contributed by atoms with Crippen molar-refractivity contribution in [3.63, 3.8) is 0 Å². The number of hydrogen-bond acceptors (Lipinski definition) is 2. The van der Waals surface area contributed by atoms with Crippen LogP contribution < -0.4 is 0 Å². The van der Waals surface area contributed by atoms with Crippen molar-refractivity contribution in [2.75, 3.05) is 32.7 Å². The summed E-state index contributed by atoms with van der Waals surface area (Å²) < 4.78 is 0. The molecule has 123 valence electrons. The number of piperidine rings is 1. The zero-order chi connectivity index (χ0) is 15.6. The molecule has 1 radical (unpaired) electrons. The topological polar surface area (TPSA) is 6.48 Å². The average Bonchev–Trinajstić information content (AvgIpc) is 2.56. The van der Waals surface area contributed by atoms with E-state index in [0.717, 1.165) is 18.1 Å². The van der Waals surface area contributed by atoms with Gasteiger partial charge in [-0.3, -0.25) is 4.90 Å². The van der Waals surface area contributed by atoms with Gasteiger partial charge in [0.15, 0.2) is 0 Å². The zero-order valence-electron chi connectivity index (χ0n) is 13.9. The smallest absolute Gasteiger partial charge is 0.0406 e. The van der Waals surface area contributed by atoms with Crippen molar-refractivity contribution in [2.45, 2.75) is 45.6 Å². The van der Waals surface area contributed by atoms with E-state index in [0.29, 0.717) is 0 Å². The van der Waals surface area contributed by atoms with Gasteiger partial charge in [0.05, 0.1) is 0 Å². The first-order valence-corrected chi connectivity index (χ1v) is 9.16. The highest BCUT2D eigenvalue weighted by Gasteiger charge is 2.09. The molecule has 1 aromatic rings. The molecular formula is C19H30ClN2. The Hall–Kier alpha value is -0.570. The van der Waals surface area contributed by atoms with E-state index in [4.69, 9.17) is 11.6 Å². The van der Waals surface area contributed by atoms with Crippen molar-refractivity contribution in [2.24, 2.45) is 0 Å². The predicted molar refractivity (Wildman–Crippen MR) is 96.2 cm³/mol. The Kier molecular flexibility index (Phi) is 8.28. The lowest BCUT2D eigenvalue weighted by atomic mass is 10.1. The summed E-state index contributed by atoms with van der Waals surface area (Å²) in [6.45, 7) is 9.44. The molecule has 2 nitrogen and oxygen atoms in total. The molecule has 0 unspecified atom stereocenters. The highest BCUT2D eigenvalue weighted by Crippen LogP contribution is 2.13. The van der Waals surface area contributed by atoms with Gasteiger partial charge in [-0.15, -0.1) is 0 Å². The Balaban J connectivity index is 1.58. The van der Waals surface area contributed by atoms with Crippen LogP contribution in [0.3, 0.4) is 0 Å². The standard InChI is InChI=1S/C19H30ClN2/c1-2-21(17-18-9-11-19(20)12-10-18)13-5-3-6-14-22-15-7-4-8-16-22/h4,9-12H,2-3,5-8,13-17H2,1H3. The maximum absolute atomic E-state index is 5.94. The van der Waals surface area contributed by atoms with E-state index in [2.05, 4.69) is 35.3 Å². The molecular weight excluding hydrogens is 292 g/mol. The third-order valence-corrected chi connectivity index (χ3v) is 4.77. The number of hydrogen-bond donors (Lipinski definition) is 0. The van der Waals surface area contributed by atoms with Gasteiger partial charge in [-0.1, -0.05) is 37.1 Å². The number of rotatable bonds is 9. The highest BCUT2D eigenvalue weighted by atomic mass is 35.5. The summed E-state index contributed by atoms with van der Waals surface area (Å²) in [5, 5.41) is 0.821. The minimum absolute atomic E-state index is 0.821. The van der Waals surface area contributed by atoms with E-state index in [9.17, 15) is 0 Å². The quantitative estimate of drug-likeness (QED) is 0.612. The van der Waals surface area contributed by atoms with Crippen LogP contribution in [0.4, 0.5) is 0 Å². The summed E-state index contributed by atoms with van der Waals surface area (Å²) >= 11 is 5.94. The molecule has 2 rings (SSSR count). The van der Waals surface area contributed by atoms with Gasteiger partial charge < -0.3 is 4.90 Å². The van der Waals surface area contributed by atoms with Gasteiger partial charge in [-0.25, -0.2) is 0 Å². The molecule has 1 heterocycles. The van der Waals surface area contributed by atoms with E-state index in [1.165, 1.54) is 63.8 Å². The third kappa shape index (κ3) is 6.68. The minimum Gasteiger partial charge on any atom is -0.303 e. The lowest BCUT2D eigenvalue weighted by Gasteiger charge is -2.26. The van der Waals surface area contributed by atoms with E-state index in [1.54, 1.807) is 0 Å². The van der Waals surface area contributed by atoms with Crippen LogP contribution in [0.15, 0.2) is 24.3 Å². The van der Waals surface area contributed by atoms with Gasteiger partial charge in [0.1, 0.15) is 0 Å². The fourth-order valence-electron chi connectivity index (χ4n) is 3.07. The summed E-state index contributed by atoms with van der Waals surface area (Å²) in [4.78, 5) is 5.14. The predicted octanol–water partition coefficient (Wildman–Crippen LogP) is 4.63. The lowest BCUT2D eigenvalue weighted by Crippen LogP contribution is -2.31. The maximum Gasteiger partial charge on any atom is 0.0406 e. The lowest BCUT2D eigenvalue weighted by molar-refractivity contribution is 0.240. The summed E-state index contributed by atoms with van der Waals surface area (Å²) in [6.07, 6.45) is 8.99. The van der Waals surface area contributed by atoms with Gasteiger partial charge >= 0.3 is 0 Å². The minimum atomic E-state index is 0.821. The second-order valence-corrected chi connectivity index (χ2v) is 6.70. The van der Waals surface area contributed by atoms with Gasteiger partial charge in [0.25, 0.3) is 0 Å². The average molecular weight is 322 g/mol. The monoisotopic (exact) mass is 321 g/mol. The molecule has 0 atom stereocenters. The normalized spacial score (nSPS) is 16.3. The molecule has 22 heavy (non-hydrogen) atoms. The molecule has 0 N–H and O–H groups in total. The molecule has 1 fully saturated rings. The summed E-state index contributed by atoms with van der Waals surface area (Å²) in [7, 11) is 0. The molecule has 1 aliphatic rings. The zero-order valence-corrected chi connectivity index (χ0v) is 14.7. The first kappa shape index (κ1) is 17.8. The number of unbranched alkanes of at least 4 members (excludes halogenated alkanes) is 2. The van der Waals surface area contributed by atoms with E-state index in [-0.39, 0.29) is 0 Å². The Labute approximate surface area is 141 Å². The van der Waals surface area contributed by atoms with Crippen LogP contribution in [0.1, 0.15) is 44.6 Å². The first-order valence-electron chi connectivity index (χ1n) is 8.78. The van der Waals surface area contributed by atoms with Crippen LogP contribution >= 0.6 is 11.6 Å². The van der Waals surface area contributed by atoms with Gasteiger partial charge in [0, 0.05) is 11.6 Å². The molecule has 0 saturated carbocycles. The van der Waals surface area contributed by atoms with Crippen molar-refractivity contribution in [3.05, 3.63) is 41.3 Å². The molecule has 3 heteroatoms. The summed E-state index contributed by atoms with van der Waals surface area (Å²) in [5.41, 5.74) is 1.36. The Bertz CT molecular complexity index is 398. The number of benzene rings is 1. The fourth-order valence-corrected chi connectivity index (χ4v) is 3.20.